The van der Waals surface area contributed by atoms with Crippen LogP contribution in [0.25, 0.3) is 0 Å². The highest BCUT2D eigenvalue weighted by atomic mass is 16.6. The van der Waals surface area contributed by atoms with Crippen LogP contribution in [-0.2, 0) is 30.3 Å². The fraction of sp³-hybridized carbons (Fsp3) is 0.682. The largest absolute Gasteiger partial charge is 0.472 e. The molecule has 1 aromatic rings. The van der Waals surface area contributed by atoms with Crippen molar-refractivity contribution in [2.24, 2.45) is 16.7 Å². The van der Waals surface area contributed by atoms with E-state index in [1.54, 1.807) is 18.6 Å². The van der Waals surface area contributed by atoms with Crippen molar-refractivity contribution in [1.82, 2.24) is 0 Å². The van der Waals surface area contributed by atoms with Crippen molar-refractivity contribution < 1.29 is 33.4 Å². The highest BCUT2D eigenvalue weighted by molar-refractivity contribution is 6.00. The van der Waals surface area contributed by atoms with E-state index in [0.29, 0.717) is 25.7 Å². The van der Waals surface area contributed by atoms with E-state index < -0.39 is 51.8 Å². The number of ether oxygens (including phenoxy) is 2. The average molecular weight is 404 g/mol. The molecular formula is C22H28O7. The Hall–Kier alpha value is -2.15. The van der Waals surface area contributed by atoms with E-state index in [4.69, 9.17) is 13.9 Å². The van der Waals surface area contributed by atoms with Gasteiger partial charge in [0, 0.05) is 18.3 Å². The Morgan fingerprint density at radius 1 is 1.28 bits per heavy atom. The molecule has 1 saturated heterocycles. The summed E-state index contributed by atoms with van der Waals surface area (Å²) in [5, 5.41) is 12.2. The molecule has 0 radical (unpaired) electrons. The Labute approximate surface area is 169 Å². The second-order valence-electron chi connectivity index (χ2n) is 9.48. The van der Waals surface area contributed by atoms with Gasteiger partial charge in [-0.3, -0.25) is 14.4 Å². The molecule has 3 fully saturated rings. The highest BCUT2D eigenvalue weighted by Crippen LogP contribution is 2.67. The van der Waals surface area contributed by atoms with Gasteiger partial charge in [0.15, 0.2) is 11.7 Å². The summed E-state index contributed by atoms with van der Waals surface area (Å²) in [4.78, 5) is 38.3. The lowest BCUT2D eigenvalue weighted by Crippen LogP contribution is -2.77. The Morgan fingerprint density at radius 2 is 2.00 bits per heavy atom. The molecule has 158 valence electrons. The van der Waals surface area contributed by atoms with Crippen LogP contribution in [0.15, 0.2) is 23.0 Å². The zero-order valence-corrected chi connectivity index (χ0v) is 17.3. The van der Waals surface area contributed by atoms with Crippen LogP contribution in [0.1, 0.15) is 58.9 Å². The Kier molecular flexibility index (Phi) is 4.29. The minimum Gasteiger partial charge on any atom is -0.472 e. The third-order valence-corrected chi connectivity index (χ3v) is 7.93. The van der Waals surface area contributed by atoms with Crippen LogP contribution in [-0.4, -0.2) is 40.1 Å². The fourth-order valence-corrected chi connectivity index (χ4v) is 6.45. The second kappa shape index (κ2) is 6.17. The lowest BCUT2D eigenvalue weighted by Gasteiger charge is -2.63. The van der Waals surface area contributed by atoms with Crippen molar-refractivity contribution in [2.75, 3.05) is 0 Å². The smallest absolute Gasteiger partial charge is 0.312 e. The number of aliphatic hydroxyl groups is 1. The molecule has 1 aromatic heterocycles. The van der Waals surface area contributed by atoms with Gasteiger partial charge in [0.1, 0.15) is 5.60 Å². The lowest BCUT2D eigenvalue weighted by molar-refractivity contribution is -0.268. The number of aryl methyl sites for hydroxylation is 1. The Bertz CT molecular complexity index is 861. The van der Waals surface area contributed by atoms with E-state index in [1.807, 2.05) is 13.8 Å². The monoisotopic (exact) mass is 404 g/mol. The van der Waals surface area contributed by atoms with E-state index in [-0.39, 0.29) is 6.42 Å². The first-order chi connectivity index (χ1) is 13.5. The molecule has 0 amide bonds. The molecule has 2 aliphatic carbocycles. The summed E-state index contributed by atoms with van der Waals surface area (Å²) in [5.41, 5.74) is -4.30. The predicted molar refractivity (Wildman–Crippen MR) is 101 cm³/mol. The van der Waals surface area contributed by atoms with Gasteiger partial charge in [0.25, 0.3) is 0 Å². The maximum Gasteiger partial charge on any atom is 0.312 e. The number of rotatable bonds is 4. The van der Waals surface area contributed by atoms with Crippen molar-refractivity contribution in [3.05, 3.63) is 24.2 Å². The summed E-state index contributed by atoms with van der Waals surface area (Å²) in [6, 6.07) is 1.80. The van der Waals surface area contributed by atoms with Gasteiger partial charge in [-0.1, -0.05) is 13.3 Å². The number of hydrogen-bond acceptors (Lipinski definition) is 7. The van der Waals surface area contributed by atoms with Crippen LogP contribution in [0.2, 0.25) is 0 Å². The molecular weight excluding hydrogens is 376 g/mol. The van der Waals surface area contributed by atoms with Gasteiger partial charge in [0.05, 0.1) is 17.9 Å². The topological polar surface area (TPSA) is 103 Å². The number of ketones is 1. The molecule has 0 unspecified atom stereocenters. The number of Topliss-reactive ketones (excluding diaryl/α,β-unsaturated/α-hetero) is 1. The van der Waals surface area contributed by atoms with E-state index in [9.17, 15) is 19.5 Å². The van der Waals surface area contributed by atoms with Crippen molar-refractivity contribution in [2.45, 2.75) is 77.1 Å². The molecule has 0 spiro atoms. The molecule has 7 nitrogen and oxygen atoms in total. The molecule has 2 saturated carbocycles. The van der Waals surface area contributed by atoms with Gasteiger partial charge in [0.2, 0.25) is 5.78 Å². The van der Waals surface area contributed by atoms with Crippen LogP contribution >= 0.6 is 0 Å². The third kappa shape index (κ3) is 2.43. The lowest BCUT2D eigenvalue weighted by atomic mass is 9.42. The van der Waals surface area contributed by atoms with Crippen molar-refractivity contribution >= 4 is 17.7 Å². The number of esters is 2. The first kappa shape index (κ1) is 20.1. The van der Waals surface area contributed by atoms with Gasteiger partial charge in [-0.15, -0.1) is 0 Å². The van der Waals surface area contributed by atoms with Gasteiger partial charge >= 0.3 is 11.9 Å². The molecule has 4 rings (SSSR count). The maximum absolute atomic E-state index is 13.6. The second-order valence-corrected chi connectivity index (χ2v) is 9.48. The summed E-state index contributed by atoms with van der Waals surface area (Å²) in [7, 11) is 0. The van der Waals surface area contributed by atoms with Gasteiger partial charge in [-0.05, 0) is 51.2 Å². The molecule has 1 aliphatic heterocycles. The van der Waals surface area contributed by atoms with Crippen LogP contribution in [0.3, 0.4) is 0 Å². The number of hydrogen-bond donors (Lipinski definition) is 1. The van der Waals surface area contributed by atoms with Crippen molar-refractivity contribution in [3.8, 4) is 0 Å². The minimum absolute atomic E-state index is 0.187. The van der Waals surface area contributed by atoms with E-state index in [0.717, 1.165) is 5.56 Å². The maximum atomic E-state index is 13.6. The van der Waals surface area contributed by atoms with Crippen molar-refractivity contribution in [1.29, 1.82) is 0 Å². The summed E-state index contributed by atoms with van der Waals surface area (Å²) in [6.07, 6.45) is 4.68. The molecule has 2 heterocycles. The molecule has 6 atom stereocenters. The molecule has 0 aromatic carbocycles. The third-order valence-electron chi connectivity index (χ3n) is 7.93. The van der Waals surface area contributed by atoms with Crippen LogP contribution < -0.4 is 0 Å². The van der Waals surface area contributed by atoms with E-state index in [2.05, 4.69) is 0 Å². The average Bonchev–Trinajstić information content (AvgIpc) is 3.24. The molecule has 7 heteroatoms. The van der Waals surface area contributed by atoms with Gasteiger partial charge < -0.3 is 19.0 Å². The van der Waals surface area contributed by atoms with Crippen LogP contribution in [0, 0.1) is 16.7 Å². The minimum atomic E-state index is -1.82. The predicted octanol–water partition coefficient (Wildman–Crippen LogP) is 2.59. The van der Waals surface area contributed by atoms with Gasteiger partial charge in [-0.25, -0.2) is 0 Å². The fourth-order valence-electron chi connectivity index (χ4n) is 6.45. The zero-order chi connectivity index (χ0) is 21.2. The van der Waals surface area contributed by atoms with Crippen LogP contribution in [0.4, 0.5) is 0 Å². The van der Waals surface area contributed by atoms with Crippen molar-refractivity contribution in [3.63, 3.8) is 0 Å². The first-order valence-corrected chi connectivity index (χ1v) is 10.2. The zero-order valence-electron chi connectivity index (χ0n) is 17.3. The Balaban J connectivity index is 1.86. The normalized spacial score (nSPS) is 43.6. The highest BCUT2D eigenvalue weighted by Gasteiger charge is 2.79. The summed E-state index contributed by atoms with van der Waals surface area (Å²) in [6.45, 7) is 6.42. The summed E-state index contributed by atoms with van der Waals surface area (Å²) < 4.78 is 16.3. The van der Waals surface area contributed by atoms with E-state index >= 15 is 0 Å². The first-order valence-electron chi connectivity index (χ1n) is 10.2. The molecule has 29 heavy (non-hydrogen) atoms. The summed E-state index contributed by atoms with van der Waals surface area (Å²) in [5.74, 6) is -2.07. The number of carbonyl (C=O) groups is 3. The standard InChI is InChI=1S/C22H28O7/c1-13(23)29-21(4)17(24)15-16-19(2,18(25)28-15)8-5-9-20(16,3)22(21,26)10-6-14-7-11-27-12-14/h7,11-12,15-16,26H,5-6,8-10H2,1-4H3/t15-,16-,19-,20-,21-,22-/m0/s1. The number of furan rings is 1. The Morgan fingerprint density at radius 3 is 2.62 bits per heavy atom. The SMILES string of the molecule is CC(=O)O[C@@]1(C)C(=O)[C@H]2OC(=O)[C@@]3(C)CCC[C@@](C)([C@@H]23)[C@@]1(O)CCc1ccoc1. The number of carbonyl (C=O) groups excluding carboxylic acids is 3. The molecule has 0 bridgehead atoms. The quantitative estimate of drug-likeness (QED) is 0.769. The van der Waals surface area contributed by atoms with E-state index in [1.165, 1.54) is 13.8 Å². The van der Waals surface area contributed by atoms with Crippen LogP contribution in [0.5, 0.6) is 0 Å². The van der Waals surface area contributed by atoms with Gasteiger partial charge in [-0.2, -0.15) is 0 Å². The molecule has 3 aliphatic rings. The summed E-state index contributed by atoms with van der Waals surface area (Å²) >= 11 is 0. The molecule has 1 N–H and O–H groups in total.